The van der Waals surface area contributed by atoms with E-state index in [0.29, 0.717) is 12.0 Å². The van der Waals surface area contributed by atoms with Gasteiger partial charge in [-0.3, -0.25) is 0 Å². The summed E-state index contributed by atoms with van der Waals surface area (Å²) in [5, 5.41) is 3.82. The van der Waals surface area contributed by atoms with Gasteiger partial charge in [-0.1, -0.05) is 6.92 Å². The van der Waals surface area contributed by atoms with Crippen molar-refractivity contribution in [3.05, 3.63) is 0 Å². The van der Waals surface area contributed by atoms with Crippen LogP contribution in [0.25, 0.3) is 0 Å². The Bertz CT molecular complexity index is 331. The summed E-state index contributed by atoms with van der Waals surface area (Å²) in [7, 11) is 1.90. The molecule has 0 aromatic carbocycles. The van der Waals surface area contributed by atoms with E-state index in [-0.39, 0.29) is 11.2 Å². The van der Waals surface area contributed by atoms with E-state index in [1.807, 2.05) is 7.11 Å². The van der Waals surface area contributed by atoms with E-state index in [9.17, 15) is 0 Å². The van der Waals surface area contributed by atoms with Gasteiger partial charge in [-0.2, -0.15) is 0 Å². The molecule has 0 radical (unpaired) electrons. The van der Waals surface area contributed by atoms with Gasteiger partial charge in [0.05, 0.1) is 17.8 Å². The summed E-state index contributed by atoms with van der Waals surface area (Å²) in [4.78, 5) is 0. The van der Waals surface area contributed by atoms with Crippen molar-refractivity contribution in [2.75, 3.05) is 33.5 Å². The van der Waals surface area contributed by atoms with Crippen LogP contribution >= 0.6 is 0 Å². The summed E-state index contributed by atoms with van der Waals surface area (Å²) in [6.07, 6.45) is 8.21. The predicted molar refractivity (Wildman–Crippen MR) is 82.5 cm³/mol. The lowest BCUT2D eigenvalue weighted by molar-refractivity contribution is -0.148. The zero-order valence-electron chi connectivity index (χ0n) is 13.7. The highest BCUT2D eigenvalue weighted by molar-refractivity contribution is 5.05. The first-order valence-corrected chi connectivity index (χ1v) is 8.74. The molecule has 0 aromatic rings. The van der Waals surface area contributed by atoms with Crippen LogP contribution in [0.15, 0.2) is 0 Å². The minimum atomic E-state index is -0.00621. The molecule has 3 aliphatic rings. The number of ether oxygens (including phenoxy) is 3. The Hall–Kier alpha value is -0.160. The molecule has 2 saturated heterocycles. The van der Waals surface area contributed by atoms with E-state index in [0.717, 1.165) is 45.6 Å². The molecule has 2 aliphatic heterocycles. The van der Waals surface area contributed by atoms with Crippen LogP contribution in [0.5, 0.6) is 0 Å². The van der Waals surface area contributed by atoms with Crippen molar-refractivity contribution in [1.82, 2.24) is 5.32 Å². The van der Waals surface area contributed by atoms with E-state index in [1.54, 1.807) is 0 Å². The second-order valence-corrected chi connectivity index (χ2v) is 7.14. The summed E-state index contributed by atoms with van der Waals surface area (Å²) in [6, 6.07) is 0.470. The molecule has 4 heteroatoms. The van der Waals surface area contributed by atoms with E-state index < -0.39 is 0 Å². The minimum Gasteiger partial charge on any atom is -0.378 e. The smallest absolute Gasteiger partial charge is 0.0939 e. The van der Waals surface area contributed by atoms with Crippen molar-refractivity contribution in [3.63, 3.8) is 0 Å². The summed E-state index contributed by atoms with van der Waals surface area (Å²) >= 11 is 0. The molecule has 3 rings (SSSR count). The Morgan fingerprint density at radius 3 is 2.71 bits per heavy atom. The number of methoxy groups -OCH3 is 1. The molecule has 1 spiro atoms. The second kappa shape index (κ2) is 6.53. The van der Waals surface area contributed by atoms with Gasteiger partial charge in [-0.05, 0) is 51.0 Å². The Morgan fingerprint density at radius 2 is 2.14 bits per heavy atom. The van der Waals surface area contributed by atoms with Gasteiger partial charge in [-0.25, -0.2) is 0 Å². The van der Waals surface area contributed by atoms with Crippen LogP contribution in [0, 0.1) is 5.92 Å². The van der Waals surface area contributed by atoms with Gasteiger partial charge < -0.3 is 19.5 Å². The Labute approximate surface area is 128 Å². The van der Waals surface area contributed by atoms with Crippen molar-refractivity contribution in [1.29, 1.82) is 0 Å². The first-order valence-electron chi connectivity index (χ1n) is 8.74. The van der Waals surface area contributed by atoms with E-state index in [2.05, 4.69) is 12.2 Å². The quantitative estimate of drug-likeness (QED) is 0.818. The van der Waals surface area contributed by atoms with Gasteiger partial charge >= 0.3 is 0 Å². The Morgan fingerprint density at radius 1 is 1.29 bits per heavy atom. The summed E-state index contributed by atoms with van der Waals surface area (Å²) in [5.41, 5.74) is 0.0611. The van der Waals surface area contributed by atoms with E-state index in [4.69, 9.17) is 14.2 Å². The lowest BCUT2D eigenvalue weighted by Crippen LogP contribution is -2.61. The monoisotopic (exact) mass is 297 g/mol. The van der Waals surface area contributed by atoms with Gasteiger partial charge in [0.2, 0.25) is 0 Å². The van der Waals surface area contributed by atoms with Crippen LogP contribution in [0.2, 0.25) is 0 Å². The largest absolute Gasteiger partial charge is 0.378 e. The standard InChI is InChI=1S/C17H31NO3/c1-3-9-18-15(17(19-2)6-4-7-17)14-5-10-21-16(12-14)8-11-20-13-16/h14-15,18H,3-13H2,1-2H3. The van der Waals surface area contributed by atoms with Crippen molar-refractivity contribution >= 4 is 0 Å². The van der Waals surface area contributed by atoms with E-state index >= 15 is 0 Å². The molecule has 1 saturated carbocycles. The van der Waals surface area contributed by atoms with Gasteiger partial charge in [0.25, 0.3) is 0 Å². The molecule has 122 valence electrons. The molecular formula is C17H31NO3. The van der Waals surface area contributed by atoms with Gasteiger partial charge in [0.15, 0.2) is 0 Å². The number of nitrogens with one attached hydrogen (secondary N) is 1. The highest BCUT2D eigenvalue weighted by Crippen LogP contribution is 2.45. The SMILES string of the molecule is CCCNC(C1CCOC2(CCOC2)C1)C1(OC)CCC1. The molecular weight excluding hydrogens is 266 g/mol. The molecule has 0 aromatic heterocycles. The predicted octanol–water partition coefficient (Wildman–Crippen LogP) is 2.51. The lowest BCUT2D eigenvalue weighted by atomic mass is 9.67. The molecule has 0 amide bonds. The average molecular weight is 297 g/mol. The van der Waals surface area contributed by atoms with Crippen molar-refractivity contribution < 1.29 is 14.2 Å². The summed E-state index contributed by atoms with van der Waals surface area (Å²) < 4.78 is 17.7. The molecule has 1 N–H and O–H groups in total. The fourth-order valence-corrected chi connectivity index (χ4v) is 4.46. The third kappa shape index (κ3) is 3.00. The Kier molecular flexibility index (Phi) is 4.89. The average Bonchev–Trinajstić information content (AvgIpc) is 2.89. The molecule has 21 heavy (non-hydrogen) atoms. The maximum atomic E-state index is 6.12. The van der Waals surface area contributed by atoms with Crippen molar-refractivity contribution in [2.24, 2.45) is 5.92 Å². The summed E-state index contributed by atoms with van der Waals surface area (Å²) in [5.74, 6) is 0.646. The highest BCUT2D eigenvalue weighted by Gasteiger charge is 2.51. The number of rotatable bonds is 6. The van der Waals surface area contributed by atoms with Crippen LogP contribution in [0.3, 0.4) is 0 Å². The molecule has 3 unspecified atom stereocenters. The van der Waals surface area contributed by atoms with Gasteiger partial charge in [0.1, 0.15) is 0 Å². The van der Waals surface area contributed by atoms with Gasteiger partial charge in [-0.15, -0.1) is 0 Å². The fourth-order valence-electron chi connectivity index (χ4n) is 4.46. The first kappa shape index (κ1) is 15.7. The third-order valence-corrected chi connectivity index (χ3v) is 5.86. The normalized spacial score (nSPS) is 36.6. The highest BCUT2D eigenvalue weighted by atomic mass is 16.6. The lowest BCUT2D eigenvalue weighted by Gasteiger charge is -2.52. The first-order chi connectivity index (χ1) is 10.2. The topological polar surface area (TPSA) is 39.7 Å². The van der Waals surface area contributed by atoms with Crippen LogP contribution in [0.1, 0.15) is 51.9 Å². The molecule has 4 nitrogen and oxygen atoms in total. The maximum Gasteiger partial charge on any atom is 0.0939 e. The maximum absolute atomic E-state index is 6.12. The Balaban J connectivity index is 1.72. The van der Waals surface area contributed by atoms with Gasteiger partial charge in [0, 0.05) is 32.8 Å². The van der Waals surface area contributed by atoms with Crippen LogP contribution < -0.4 is 5.32 Å². The van der Waals surface area contributed by atoms with Crippen LogP contribution in [-0.4, -0.2) is 50.7 Å². The van der Waals surface area contributed by atoms with Crippen LogP contribution in [-0.2, 0) is 14.2 Å². The van der Waals surface area contributed by atoms with Crippen molar-refractivity contribution in [2.45, 2.75) is 69.1 Å². The minimum absolute atomic E-state index is 0.00621. The molecule has 3 atom stereocenters. The molecule has 3 fully saturated rings. The van der Waals surface area contributed by atoms with E-state index in [1.165, 1.54) is 25.7 Å². The summed E-state index contributed by atoms with van der Waals surface area (Å²) in [6.45, 7) is 5.83. The molecule has 0 bridgehead atoms. The second-order valence-electron chi connectivity index (χ2n) is 7.14. The van der Waals surface area contributed by atoms with Crippen LogP contribution in [0.4, 0.5) is 0 Å². The van der Waals surface area contributed by atoms with Crippen molar-refractivity contribution in [3.8, 4) is 0 Å². The number of hydrogen-bond acceptors (Lipinski definition) is 4. The zero-order valence-corrected chi connectivity index (χ0v) is 13.7. The zero-order chi connectivity index (χ0) is 14.8. The third-order valence-electron chi connectivity index (χ3n) is 5.86. The fraction of sp³-hybridized carbons (Fsp3) is 1.00. The number of hydrogen-bond donors (Lipinski definition) is 1. The molecule has 2 heterocycles. The molecule has 1 aliphatic carbocycles.